The van der Waals surface area contributed by atoms with Gasteiger partial charge in [-0.3, -0.25) is 0 Å². The average Bonchev–Trinajstić information content (AvgIpc) is 2.53. The van der Waals surface area contributed by atoms with Crippen molar-refractivity contribution in [1.82, 2.24) is 5.32 Å². The average molecular weight is 175 g/mol. The number of ether oxygens (including phenoxy) is 2. The molecule has 70 valence electrons. The molecule has 0 amide bonds. The third kappa shape index (κ3) is 1.06. The lowest BCUT2D eigenvalue weighted by atomic mass is 9.99. The number of hydrogen-bond acceptors (Lipinski definition) is 3. The second kappa shape index (κ2) is 2.65. The van der Waals surface area contributed by atoms with Crippen LogP contribution in [0.2, 0.25) is 0 Å². The summed E-state index contributed by atoms with van der Waals surface area (Å²) in [4.78, 5) is 0. The molecule has 0 aromatic heterocycles. The van der Waals surface area contributed by atoms with Crippen LogP contribution in [0.3, 0.4) is 0 Å². The van der Waals surface area contributed by atoms with E-state index in [2.05, 4.69) is 5.32 Å². The highest BCUT2D eigenvalue weighted by molar-refractivity contribution is 5.03. The zero-order valence-corrected chi connectivity index (χ0v) is 7.34. The lowest BCUT2D eigenvalue weighted by Gasteiger charge is -2.18. The molecule has 4 heteroatoms. The smallest absolute Gasteiger partial charge is 0.159 e. The number of halogens is 1. The summed E-state index contributed by atoms with van der Waals surface area (Å²) in [5, 5.41) is 3.06. The minimum absolute atomic E-state index is 0.106. The van der Waals surface area contributed by atoms with E-state index in [4.69, 9.17) is 9.47 Å². The third-order valence-corrected chi connectivity index (χ3v) is 2.67. The van der Waals surface area contributed by atoms with Gasteiger partial charge in [0, 0.05) is 0 Å². The van der Waals surface area contributed by atoms with E-state index in [1.54, 1.807) is 0 Å². The Morgan fingerprint density at radius 1 is 1.50 bits per heavy atom. The molecule has 2 rings (SSSR count). The van der Waals surface area contributed by atoms with Crippen LogP contribution in [-0.2, 0) is 9.47 Å². The summed E-state index contributed by atoms with van der Waals surface area (Å²) in [6.45, 7) is 2.24. The minimum atomic E-state index is -1.31. The first-order valence-electron chi connectivity index (χ1n) is 4.24. The van der Waals surface area contributed by atoms with Gasteiger partial charge in [0.25, 0.3) is 0 Å². The first-order chi connectivity index (χ1) is 5.65. The normalized spacial score (nSPS) is 52.8. The minimum Gasteiger partial charge on any atom is -0.370 e. The molecule has 2 saturated heterocycles. The second-order valence-corrected chi connectivity index (χ2v) is 3.70. The van der Waals surface area contributed by atoms with Gasteiger partial charge in [0.2, 0.25) is 0 Å². The van der Waals surface area contributed by atoms with Gasteiger partial charge in [-0.15, -0.1) is 0 Å². The fourth-order valence-electron chi connectivity index (χ4n) is 1.92. The van der Waals surface area contributed by atoms with Crippen LogP contribution >= 0.6 is 0 Å². The Morgan fingerprint density at radius 3 is 2.92 bits per heavy atom. The highest BCUT2D eigenvalue weighted by atomic mass is 19.1. The van der Waals surface area contributed by atoms with Gasteiger partial charge in [-0.05, 0) is 14.0 Å². The first-order valence-corrected chi connectivity index (χ1v) is 4.24. The van der Waals surface area contributed by atoms with E-state index in [9.17, 15) is 4.39 Å². The monoisotopic (exact) mass is 175 g/mol. The Hall–Kier alpha value is -0.190. The van der Waals surface area contributed by atoms with E-state index in [-0.39, 0.29) is 24.9 Å². The summed E-state index contributed by atoms with van der Waals surface area (Å²) in [7, 11) is 1.84. The molecule has 0 saturated carbocycles. The van der Waals surface area contributed by atoms with E-state index >= 15 is 0 Å². The van der Waals surface area contributed by atoms with Crippen LogP contribution in [-0.4, -0.2) is 44.2 Å². The first kappa shape index (κ1) is 8.41. The van der Waals surface area contributed by atoms with Gasteiger partial charge in [0.15, 0.2) is 5.67 Å². The predicted octanol–water partition coefficient (Wildman–Crippen LogP) is 0.100. The predicted molar refractivity (Wildman–Crippen MR) is 41.8 cm³/mol. The zero-order chi connectivity index (χ0) is 8.77. The van der Waals surface area contributed by atoms with Crippen molar-refractivity contribution in [2.24, 2.45) is 0 Å². The molecule has 0 spiro atoms. The molecular weight excluding hydrogens is 161 g/mol. The number of rotatable bonds is 1. The standard InChI is InChI=1S/C8H14FNO2/c1-8(9)4-12-6-5(10-2)3-11-7(6)8/h5-7,10H,3-4H2,1-2H3/t5?,6-,7+,8?/m1/s1. The Kier molecular flexibility index (Phi) is 1.86. The van der Waals surface area contributed by atoms with Crippen molar-refractivity contribution in [3.05, 3.63) is 0 Å². The molecule has 4 atom stereocenters. The van der Waals surface area contributed by atoms with E-state index in [1.807, 2.05) is 7.05 Å². The van der Waals surface area contributed by atoms with E-state index in [1.165, 1.54) is 6.92 Å². The molecule has 0 aliphatic carbocycles. The molecule has 2 aliphatic heterocycles. The van der Waals surface area contributed by atoms with Crippen LogP contribution < -0.4 is 5.32 Å². The summed E-state index contributed by atoms with van der Waals surface area (Å²) in [6.07, 6.45) is -0.486. The summed E-state index contributed by atoms with van der Waals surface area (Å²) in [6, 6.07) is 0.146. The number of hydrogen-bond donors (Lipinski definition) is 1. The molecule has 3 nitrogen and oxygen atoms in total. The van der Waals surface area contributed by atoms with Crippen molar-refractivity contribution in [3.63, 3.8) is 0 Å². The van der Waals surface area contributed by atoms with Gasteiger partial charge < -0.3 is 14.8 Å². The van der Waals surface area contributed by atoms with Crippen LogP contribution in [0.4, 0.5) is 4.39 Å². The maximum Gasteiger partial charge on any atom is 0.159 e. The molecule has 2 unspecified atom stereocenters. The Morgan fingerprint density at radius 2 is 2.25 bits per heavy atom. The zero-order valence-electron chi connectivity index (χ0n) is 7.34. The largest absolute Gasteiger partial charge is 0.370 e. The van der Waals surface area contributed by atoms with Crippen molar-refractivity contribution in [1.29, 1.82) is 0 Å². The Bertz CT molecular complexity index is 186. The van der Waals surface area contributed by atoms with Gasteiger partial charge in [-0.25, -0.2) is 4.39 Å². The van der Waals surface area contributed by atoms with Gasteiger partial charge in [-0.1, -0.05) is 0 Å². The van der Waals surface area contributed by atoms with Crippen molar-refractivity contribution in [2.75, 3.05) is 20.3 Å². The number of likely N-dealkylation sites (N-methyl/N-ethyl adjacent to an activating group) is 1. The van der Waals surface area contributed by atoms with Crippen molar-refractivity contribution >= 4 is 0 Å². The molecule has 0 bridgehead atoms. The number of fused-ring (bicyclic) bond motifs is 1. The number of nitrogens with one attached hydrogen (secondary N) is 1. The van der Waals surface area contributed by atoms with Gasteiger partial charge in [-0.2, -0.15) is 0 Å². The molecule has 0 aromatic rings. The summed E-state index contributed by atoms with van der Waals surface area (Å²) < 4.78 is 24.3. The van der Waals surface area contributed by atoms with Crippen molar-refractivity contribution in [3.8, 4) is 0 Å². The fraction of sp³-hybridized carbons (Fsp3) is 1.00. The topological polar surface area (TPSA) is 30.5 Å². The molecule has 2 fully saturated rings. The molecule has 0 aromatic carbocycles. The Balaban J connectivity index is 2.11. The van der Waals surface area contributed by atoms with Gasteiger partial charge >= 0.3 is 0 Å². The van der Waals surface area contributed by atoms with Crippen LogP contribution in [0.5, 0.6) is 0 Å². The van der Waals surface area contributed by atoms with Crippen molar-refractivity contribution in [2.45, 2.75) is 30.8 Å². The SMILES string of the molecule is CNC1CO[C@H]2[C@@H]1OCC2(C)F. The Labute approximate surface area is 71.2 Å². The van der Waals surface area contributed by atoms with Gasteiger partial charge in [0.1, 0.15) is 12.2 Å². The van der Waals surface area contributed by atoms with Crippen molar-refractivity contribution < 1.29 is 13.9 Å². The van der Waals surface area contributed by atoms with E-state index in [0.717, 1.165) is 0 Å². The maximum atomic E-state index is 13.6. The molecule has 1 N–H and O–H groups in total. The summed E-state index contributed by atoms with van der Waals surface area (Å²) in [5.74, 6) is 0. The maximum absolute atomic E-state index is 13.6. The van der Waals surface area contributed by atoms with Crippen LogP contribution in [0, 0.1) is 0 Å². The summed E-state index contributed by atoms with van der Waals surface area (Å²) in [5.41, 5.74) is -1.31. The molecule has 12 heavy (non-hydrogen) atoms. The number of alkyl halides is 1. The van der Waals surface area contributed by atoms with E-state index in [0.29, 0.717) is 6.61 Å². The lowest BCUT2D eigenvalue weighted by molar-refractivity contribution is 0.00518. The molecular formula is C8H14FNO2. The quantitative estimate of drug-likeness (QED) is 0.613. The lowest BCUT2D eigenvalue weighted by Crippen LogP contribution is -2.41. The molecule has 2 heterocycles. The van der Waals surface area contributed by atoms with Crippen LogP contribution in [0.25, 0.3) is 0 Å². The highest BCUT2D eigenvalue weighted by Crippen LogP contribution is 2.36. The second-order valence-electron chi connectivity index (χ2n) is 3.70. The highest BCUT2D eigenvalue weighted by Gasteiger charge is 2.54. The summed E-state index contributed by atoms with van der Waals surface area (Å²) >= 11 is 0. The van der Waals surface area contributed by atoms with Crippen LogP contribution in [0.15, 0.2) is 0 Å². The van der Waals surface area contributed by atoms with E-state index < -0.39 is 5.67 Å². The third-order valence-electron chi connectivity index (χ3n) is 2.67. The molecule has 0 radical (unpaired) electrons. The van der Waals surface area contributed by atoms with Gasteiger partial charge in [0.05, 0.1) is 19.3 Å². The fourth-order valence-corrected chi connectivity index (χ4v) is 1.92. The molecule has 2 aliphatic rings. The van der Waals surface area contributed by atoms with Crippen LogP contribution in [0.1, 0.15) is 6.92 Å².